The molecule has 11 nitrogen and oxygen atoms in total. The summed E-state index contributed by atoms with van der Waals surface area (Å²) in [5, 5.41) is 15.9. The summed E-state index contributed by atoms with van der Waals surface area (Å²) in [5.41, 5.74) is -8.90. The van der Waals surface area contributed by atoms with Crippen LogP contribution in [0.15, 0.2) is 48.6 Å². The Bertz CT molecular complexity index is 2050. The number of aryl methyl sites for hydroxylation is 1. The number of carbonyl (C=O) groups is 4. The van der Waals surface area contributed by atoms with E-state index in [4.69, 9.17) is 23.7 Å². The summed E-state index contributed by atoms with van der Waals surface area (Å²) in [6, 6.07) is 8.05. The van der Waals surface area contributed by atoms with Crippen LogP contribution in [-0.4, -0.2) is 66.9 Å². The van der Waals surface area contributed by atoms with Crippen molar-refractivity contribution in [2.24, 2.45) is 22.7 Å². The lowest BCUT2D eigenvalue weighted by Crippen LogP contribution is -2.63. The lowest BCUT2D eigenvalue weighted by atomic mass is 9.60. The van der Waals surface area contributed by atoms with Crippen LogP contribution in [0.4, 0.5) is 13.2 Å². The molecule has 294 valence electrons. The van der Waals surface area contributed by atoms with Crippen molar-refractivity contribution in [2.75, 3.05) is 14.2 Å². The summed E-state index contributed by atoms with van der Waals surface area (Å²) in [4.78, 5) is 57.6. The summed E-state index contributed by atoms with van der Waals surface area (Å²) in [5.74, 6) is -6.61. The Morgan fingerprint density at radius 2 is 1.75 bits per heavy atom. The van der Waals surface area contributed by atoms with Crippen LogP contribution in [0, 0.1) is 29.6 Å². The minimum atomic E-state index is -5.26. The lowest BCUT2D eigenvalue weighted by Gasteiger charge is -2.49. The second-order valence-corrected chi connectivity index (χ2v) is 16.1. The number of carbonyl (C=O) groups excluding carboxylic acids is 4. The Morgan fingerprint density at radius 3 is 2.35 bits per heavy atom. The molecule has 8 rings (SSSR count). The van der Waals surface area contributed by atoms with Gasteiger partial charge in [-0.15, -0.1) is 0 Å². The van der Waals surface area contributed by atoms with Crippen LogP contribution < -0.4 is 10.1 Å². The molecule has 3 aliphatic heterocycles. The molecule has 3 bridgehead atoms. The zero-order chi connectivity index (χ0) is 39.7. The quantitative estimate of drug-likeness (QED) is 0.283. The van der Waals surface area contributed by atoms with E-state index in [9.17, 15) is 27.9 Å². The van der Waals surface area contributed by atoms with E-state index < -0.39 is 81.1 Å². The number of cyclic esters (lactones) is 1. The predicted molar refractivity (Wildman–Crippen MR) is 186 cm³/mol. The van der Waals surface area contributed by atoms with E-state index in [2.05, 4.69) is 5.32 Å². The highest BCUT2D eigenvalue weighted by molar-refractivity contribution is 6.14. The number of esters is 2. The van der Waals surface area contributed by atoms with Crippen LogP contribution in [0.1, 0.15) is 91.9 Å². The Kier molecular flexibility index (Phi) is 8.13. The van der Waals surface area contributed by atoms with E-state index in [1.54, 1.807) is 26.0 Å². The number of benzene rings is 2. The van der Waals surface area contributed by atoms with Crippen molar-refractivity contribution in [3.63, 3.8) is 0 Å². The molecule has 3 aliphatic carbocycles. The average molecular weight is 768 g/mol. The summed E-state index contributed by atoms with van der Waals surface area (Å²) < 4.78 is 74.7. The van der Waals surface area contributed by atoms with E-state index in [1.807, 2.05) is 6.92 Å². The van der Waals surface area contributed by atoms with Gasteiger partial charge in [0.05, 0.1) is 12.7 Å². The van der Waals surface area contributed by atoms with Crippen LogP contribution in [0.5, 0.6) is 5.75 Å². The number of fused-ring (bicyclic) bond motifs is 3. The van der Waals surface area contributed by atoms with Crippen LogP contribution in [0.25, 0.3) is 0 Å². The Balaban J connectivity index is 1.31. The zero-order valence-electron chi connectivity index (χ0n) is 31.4. The van der Waals surface area contributed by atoms with Crippen molar-refractivity contribution in [3.8, 4) is 5.75 Å². The molecule has 1 amide bonds. The number of alkyl halides is 3. The number of ether oxygens (including phenoxy) is 5. The molecule has 2 aromatic carbocycles. The minimum Gasteiger partial charge on any atom is -0.496 e. The van der Waals surface area contributed by atoms with Crippen molar-refractivity contribution in [2.45, 2.75) is 107 Å². The second kappa shape index (κ2) is 11.9. The third kappa shape index (κ3) is 4.33. The number of halogens is 3. The van der Waals surface area contributed by atoms with E-state index in [0.717, 1.165) is 19.2 Å². The number of aliphatic hydroxyl groups is 1. The Hall–Kier alpha value is -4.27. The second-order valence-electron chi connectivity index (χ2n) is 16.1. The van der Waals surface area contributed by atoms with Crippen LogP contribution in [0.2, 0.25) is 0 Å². The van der Waals surface area contributed by atoms with Gasteiger partial charge in [0.15, 0.2) is 17.7 Å². The third-order valence-corrected chi connectivity index (χ3v) is 13.7. The molecule has 2 saturated carbocycles. The van der Waals surface area contributed by atoms with Crippen molar-refractivity contribution in [1.82, 2.24) is 5.32 Å². The maximum absolute atomic E-state index is 15.2. The number of methoxy groups -OCH3 is 2. The molecule has 1 saturated heterocycles. The molecule has 9 atom stereocenters. The first kappa shape index (κ1) is 37.6. The first-order chi connectivity index (χ1) is 25.9. The molecule has 14 heteroatoms. The first-order valence-electron chi connectivity index (χ1n) is 18.7. The standard InChI is InChI=1S/C41H44F3NO10/c1-7-23-13-14-26(54-34(49)39(52-6,41(42,43)44)24-11-9-8-10-12-24)22(3)53-33(48)35(4)27-20-28(46)45-38(27)32(47)25-19-21(2)31(51-5)30-29(25)40(35,36(38)17-18-36)55-37(30,50)16-15-23/h8-14,19,22-23,26-27,50H,7,15-18,20H2,1-6H3,(H,45,46)/b14-13+/t22-,23?,26-,27?,35?,37?,38+,39-,40+/m0/s1. The van der Waals surface area contributed by atoms with Gasteiger partial charge in [0, 0.05) is 48.0 Å². The molecule has 3 spiro atoms. The van der Waals surface area contributed by atoms with Gasteiger partial charge in [-0.05, 0) is 70.1 Å². The maximum Gasteiger partial charge on any atom is 0.432 e. The highest BCUT2D eigenvalue weighted by atomic mass is 19.4. The predicted octanol–water partition coefficient (Wildman–Crippen LogP) is 5.57. The van der Waals surface area contributed by atoms with Crippen molar-refractivity contribution in [1.29, 1.82) is 0 Å². The summed E-state index contributed by atoms with van der Waals surface area (Å²) in [6.07, 6.45) is -3.86. The SMILES string of the molecule is CCC1/C=C/[C@H](OC(=O)[C@@](OC)(c2ccccc2)C(F)(F)F)[C@H](C)OC(=O)C2(C)C3CC(=O)N[C@@]34C(=O)c3cc(C)c(OC)c5c3[C@]2(OC5(O)CC1)C41CC1. The largest absolute Gasteiger partial charge is 0.496 e. The monoisotopic (exact) mass is 767 g/mol. The fourth-order valence-electron chi connectivity index (χ4n) is 11.2. The molecule has 0 radical (unpaired) electrons. The van der Waals surface area contributed by atoms with Crippen LogP contribution in [-0.2, 0) is 50.3 Å². The molecule has 3 fully saturated rings. The van der Waals surface area contributed by atoms with Crippen molar-refractivity contribution < 1.29 is 61.1 Å². The molecule has 3 heterocycles. The number of Topliss-reactive ketones (excluding diaryl/α,β-unsaturated/α-hetero) is 1. The average Bonchev–Trinajstić information content (AvgIpc) is 3.78. The van der Waals surface area contributed by atoms with Gasteiger partial charge in [-0.3, -0.25) is 14.4 Å². The molecular weight excluding hydrogens is 723 g/mol. The molecule has 2 aromatic rings. The van der Waals surface area contributed by atoms with E-state index in [-0.39, 0.29) is 42.1 Å². The number of hydrogen-bond donors (Lipinski definition) is 2. The normalized spacial score (nSPS) is 37.1. The van der Waals surface area contributed by atoms with Gasteiger partial charge in [0.25, 0.3) is 5.60 Å². The number of allylic oxidation sites excluding steroid dienone is 1. The Morgan fingerprint density at radius 1 is 1.05 bits per heavy atom. The molecule has 6 aliphatic rings. The summed E-state index contributed by atoms with van der Waals surface area (Å²) in [6.45, 7) is 6.62. The molecule has 2 N–H and O–H groups in total. The molecule has 4 unspecified atom stereocenters. The van der Waals surface area contributed by atoms with Crippen LogP contribution >= 0.6 is 0 Å². The van der Waals surface area contributed by atoms with Gasteiger partial charge in [-0.25, -0.2) is 4.79 Å². The molecule has 55 heavy (non-hydrogen) atoms. The smallest absolute Gasteiger partial charge is 0.432 e. The first-order valence-corrected chi connectivity index (χ1v) is 18.7. The van der Waals surface area contributed by atoms with Gasteiger partial charge in [-0.2, -0.15) is 13.2 Å². The fraction of sp³-hybridized carbons (Fsp3) is 0.561. The third-order valence-electron chi connectivity index (χ3n) is 13.7. The lowest BCUT2D eigenvalue weighted by molar-refractivity contribution is -0.305. The van der Waals surface area contributed by atoms with E-state index in [0.29, 0.717) is 36.1 Å². The van der Waals surface area contributed by atoms with Gasteiger partial charge in [-0.1, -0.05) is 43.3 Å². The molecular formula is C41H44F3NO10. The number of ketones is 1. The van der Waals surface area contributed by atoms with Gasteiger partial charge in [0.1, 0.15) is 28.4 Å². The summed E-state index contributed by atoms with van der Waals surface area (Å²) >= 11 is 0. The number of nitrogens with one attached hydrogen (secondary N) is 1. The van der Waals surface area contributed by atoms with Crippen LogP contribution in [0.3, 0.4) is 0 Å². The highest BCUT2D eigenvalue weighted by Gasteiger charge is 2.95. The van der Waals surface area contributed by atoms with E-state index in [1.165, 1.54) is 38.3 Å². The highest BCUT2D eigenvalue weighted by Crippen LogP contribution is 2.87. The minimum absolute atomic E-state index is 0.0296. The number of hydrogen-bond acceptors (Lipinski definition) is 10. The number of amides is 1. The van der Waals surface area contributed by atoms with Gasteiger partial charge >= 0.3 is 18.1 Å². The van der Waals surface area contributed by atoms with Crippen molar-refractivity contribution >= 4 is 23.6 Å². The van der Waals surface area contributed by atoms with Gasteiger partial charge in [0.2, 0.25) is 5.91 Å². The van der Waals surface area contributed by atoms with E-state index >= 15 is 9.59 Å². The Labute approximate surface area is 315 Å². The topological polar surface area (TPSA) is 147 Å². The fourth-order valence-corrected chi connectivity index (χ4v) is 11.2. The van der Waals surface area contributed by atoms with Crippen molar-refractivity contribution in [3.05, 3.63) is 76.4 Å². The maximum atomic E-state index is 15.2. The zero-order valence-corrected chi connectivity index (χ0v) is 31.4. The van der Waals surface area contributed by atoms with Gasteiger partial charge < -0.3 is 34.1 Å². The number of rotatable bonds is 6. The molecule has 0 aromatic heterocycles. The summed E-state index contributed by atoms with van der Waals surface area (Å²) in [7, 11) is 2.22.